The van der Waals surface area contributed by atoms with Crippen molar-refractivity contribution >= 4 is 27.5 Å². The van der Waals surface area contributed by atoms with Crippen molar-refractivity contribution in [3.8, 4) is 0 Å². The van der Waals surface area contributed by atoms with E-state index >= 15 is 0 Å². The van der Waals surface area contributed by atoms with Gasteiger partial charge in [0.1, 0.15) is 0 Å². The summed E-state index contributed by atoms with van der Waals surface area (Å²) in [6.45, 7) is 4.76. The molecule has 20 heavy (non-hydrogen) atoms. The van der Waals surface area contributed by atoms with E-state index in [1.807, 2.05) is 37.3 Å². The third kappa shape index (κ3) is 3.20. The van der Waals surface area contributed by atoms with Crippen molar-refractivity contribution in [3.05, 3.63) is 63.1 Å². The molecule has 0 fully saturated rings. The molecule has 0 radical (unpaired) electrons. The smallest absolute Gasteiger partial charge is 0.248 e. The van der Waals surface area contributed by atoms with Gasteiger partial charge in [0, 0.05) is 22.3 Å². The minimum Gasteiger partial charge on any atom is -0.381 e. The molecular formula is C16H17BrN2O. The first-order valence-corrected chi connectivity index (χ1v) is 7.16. The van der Waals surface area contributed by atoms with Gasteiger partial charge in [0.2, 0.25) is 5.91 Å². The maximum Gasteiger partial charge on any atom is 0.248 e. The van der Waals surface area contributed by atoms with E-state index in [2.05, 4.69) is 28.2 Å². The van der Waals surface area contributed by atoms with Crippen LogP contribution in [0.2, 0.25) is 0 Å². The number of nitrogens with two attached hydrogens (primary N) is 1. The predicted octanol–water partition coefficient (Wildman–Crippen LogP) is 3.78. The number of anilines is 1. The summed E-state index contributed by atoms with van der Waals surface area (Å²) in [5.74, 6) is -0.393. The Bertz CT molecular complexity index is 653. The number of rotatable bonds is 4. The van der Waals surface area contributed by atoms with E-state index < -0.39 is 5.91 Å². The molecule has 0 spiro atoms. The van der Waals surface area contributed by atoms with Gasteiger partial charge in [-0.15, -0.1) is 0 Å². The van der Waals surface area contributed by atoms with Crippen molar-refractivity contribution in [1.29, 1.82) is 0 Å². The summed E-state index contributed by atoms with van der Waals surface area (Å²) in [5.41, 5.74) is 10.3. The van der Waals surface area contributed by atoms with Crippen LogP contribution in [-0.2, 0) is 6.54 Å². The van der Waals surface area contributed by atoms with E-state index in [1.54, 1.807) is 6.07 Å². The average Bonchev–Trinajstić information content (AvgIpc) is 2.41. The average molecular weight is 333 g/mol. The van der Waals surface area contributed by atoms with E-state index in [0.717, 1.165) is 21.3 Å². The molecule has 0 atom stereocenters. The van der Waals surface area contributed by atoms with E-state index in [9.17, 15) is 4.79 Å². The van der Waals surface area contributed by atoms with E-state index in [0.29, 0.717) is 12.1 Å². The molecule has 1 amide bonds. The second kappa shape index (κ2) is 6.09. The van der Waals surface area contributed by atoms with Gasteiger partial charge < -0.3 is 11.1 Å². The minimum absolute atomic E-state index is 0.393. The molecule has 104 valence electrons. The van der Waals surface area contributed by atoms with Gasteiger partial charge in [0.15, 0.2) is 0 Å². The molecule has 0 saturated carbocycles. The summed E-state index contributed by atoms with van der Waals surface area (Å²) >= 11 is 3.52. The molecule has 2 aromatic rings. The zero-order valence-electron chi connectivity index (χ0n) is 11.5. The Balaban J connectivity index is 2.15. The normalized spacial score (nSPS) is 10.3. The molecular weight excluding hydrogens is 316 g/mol. The van der Waals surface area contributed by atoms with Crippen LogP contribution in [-0.4, -0.2) is 5.91 Å². The molecule has 3 nitrogen and oxygen atoms in total. The maximum absolute atomic E-state index is 11.1. The molecule has 0 unspecified atom stereocenters. The lowest BCUT2D eigenvalue weighted by atomic mass is 10.0. The molecule has 2 aromatic carbocycles. The summed E-state index contributed by atoms with van der Waals surface area (Å²) in [7, 11) is 0. The van der Waals surface area contributed by atoms with Gasteiger partial charge in [0.05, 0.1) is 0 Å². The van der Waals surface area contributed by atoms with Gasteiger partial charge in [-0.2, -0.15) is 0 Å². The largest absolute Gasteiger partial charge is 0.381 e. The summed E-state index contributed by atoms with van der Waals surface area (Å²) in [4.78, 5) is 11.1. The fraction of sp³-hybridized carbons (Fsp3) is 0.188. The quantitative estimate of drug-likeness (QED) is 0.895. The number of hydrogen-bond donors (Lipinski definition) is 2. The molecule has 0 bridgehead atoms. The molecule has 0 aliphatic carbocycles. The predicted molar refractivity (Wildman–Crippen MR) is 85.9 cm³/mol. The van der Waals surface area contributed by atoms with Crippen LogP contribution in [0.4, 0.5) is 5.69 Å². The summed E-state index contributed by atoms with van der Waals surface area (Å²) < 4.78 is 1.09. The van der Waals surface area contributed by atoms with Crippen molar-refractivity contribution < 1.29 is 4.79 Å². The minimum atomic E-state index is -0.393. The van der Waals surface area contributed by atoms with Gasteiger partial charge in [-0.1, -0.05) is 28.1 Å². The third-order valence-electron chi connectivity index (χ3n) is 3.36. The van der Waals surface area contributed by atoms with Gasteiger partial charge in [-0.25, -0.2) is 0 Å². The number of carbonyl (C=O) groups excluding carboxylic acids is 1. The molecule has 3 N–H and O–H groups in total. The third-order valence-corrected chi connectivity index (χ3v) is 4.22. The standard InChI is InChI=1S/C16H17BrN2O/c1-10-8-12(16(18)20)6-7-13(10)9-19-15-5-3-4-14(17)11(15)2/h3-8,19H,9H2,1-2H3,(H2,18,20). The highest BCUT2D eigenvalue weighted by atomic mass is 79.9. The number of benzene rings is 2. The number of nitrogens with one attached hydrogen (secondary N) is 1. The van der Waals surface area contributed by atoms with E-state index in [1.165, 1.54) is 5.56 Å². The van der Waals surface area contributed by atoms with Gasteiger partial charge in [0.25, 0.3) is 0 Å². The second-order valence-corrected chi connectivity index (χ2v) is 5.63. The number of carbonyl (C=O) groups is 1. The Morgan fingerprint density at radius 3 is 2.65 bits per heavy atom. The lowest BCUT2D eigenvalue weighted by Crippen LogP contribution is -2.12. The number of amides is 1. The van der Waals surface area contributed by atoms with Crippen LogP contribution < -0.4 is 11.1 Å². The van der Waals surface area contributed by atoms with Crippen molar-refractivity contribution in [2.75, 3.05) is 5.32 Å². The molecule has 0 aliphatic heterocycles. The Labute approximate surface area is 127 Å². The summed E-state index contributed by atoms with van der Waals surface area (Å²) in [6, 6.07) is 11.6. The first-order chi connectivity index (χ1) is 9.49. The van der Waals surface area contributed by atoms with Crippen LogP contribution in [0.3, 0.4) is 0 Å². The number of halogens is 1. The van der Waals surface area contributed by atoms with Gasteiger partial charge in [-0.05, 0) is 54.8 Å². The molecule has 0 saturated heterocycles. The lowest BCUT2D eigenvalue weighted by molar-refractivity contribution is 0.1000. The molecule has 4 heteroatoms. The van der Waals surface area contributed by atoms with Crippen LogP contribution >= 0.6 is 15.9 Å². The Kier molecular flexibility index (Phi) is 4.45. The van der Waals surface area contributed by atoms with E-state index in [-0.39, 0.29) is 0 Å². The Morgan fingerprint density at radius 1 is 1.25 bits per heavy atom. The molecule has 0 heterocycles. The summed E-state index contributed by atoms with van der Waals surface area (Å²) in [5, 5.41) is 3.41. The number of aryl methyl sites for hydroxylation is 1. The Hall–Kier alpha value is -1.81. The monoisotopic (exact) mass is 332 g/mol. The summed E-state index contributed by atoms with van der Waals surface area (Å²) in [6.07, 6.45) is 0. The SMILES string of the molecule is Cc1cc(C(N)=O)ccc1CNc1cccc(Br)c1C. The fourth-order valence-corrected chi connectivity index (χ4v) is 2.40. The zero-order valence-corrected chi connectivity index (χ0v) is 13.1. The highest BCUT2D eigenvalue weighted by Gasteiger charge is 2.05. The molecule has 0 aliphatic rings. The van der Waals surface area contributed by atoms with Crippen molar-refractivity contribution in [3.63, 3.8) is 0 Å². The zero-order chi connectivity index (χ0) is 14.7. The first kappa shape index (κ1) is 14.6. The van der Waals surface area contributed by atoms with Crippen LogP contribution in [0.1, 0.15) is 27.0 Å². The highest BCUT2D eigenvalue weighted by molar-refractivity contribution is 9.10. The van der Waals surface area contributed by atoms with Gasteiger partial charge >= 0.3 is 0 Å². The molecule has 2 rings (SSSR count). The van der Waals surface area contributed by atoms with Crippen molar-refractivity contribution in [2.45, 2.75) is 20.4 Å². The van der Waals surface area contributed by atoms with Crippen LogP contribution in [0.25, 0.3) is 0 Å². The van der Waals surface area contributed by atoms with Crippen molar-refractivity contribution in [1.82, 2.24) is 0 Å². The van der Waals surface area contributed by atoms with Crippen LogP contribution in [0, 0.1) is 13.8 Å². The topological polar surface area (TPSA) is 55.1 Å². The second-order valence-electron chi connectivity index (χ2n) is 4.77. The first-order valence-electron chi connectivity index (χ1n) is 6.37. The number of primary amides is 1. The van der Waals surface area contributed by atoms with Gasteiger partial charge in [-0.3, -0.25) is 4.79 Å². The van der Waals surface area contributed by atoms with Crippen molar-refractivity contribution in [2.24, 2.45) is 5.73 Å². The Morgan fingerprint density at radius 2 is 2.00 bits per heavy atom. The lowest BCUT2D eigenvalue weighted by Gasteiger charge is -2.13. The maximum atomic E-state index is 11.1. The molecule has 0 aromatic heterocycles. The number of hydrogen-bond acceptors (Lipinski definition) is 2. The van der Waals surface area contributed by atoms with Crippen LogP contribution in [0.5, 0.6) is 0 Å². The fourth-order valence-electron chi connectivity index (χ4n) is 2.04. The highest BCUT2D eigenvalue weighted by Crippen LogP contribution is 2.24. The van der Waals surface area contributed by atoms with Crippen LogP contribution in [0.15, 0.2) is 40.9 Å². The van der Waals surface area contributed by atoms with E-state index in [4.69, 9.17) is 5.73 Å².